The summed E-state index contributed by atoms with van der Waals surface area (Å²) in [6.07, 6.45) is 23.8. The van der Waals surface area contributed by atoms with E-state index in [-0.39, 0.29) is 60.2 Å². The van der Waals surface area contributed by atoms with Crippen LogP contribution in [-0.2, 0) is 26.2 Å². The summed E-state index contributed by atoms with van der Waals surface area (Å²) in [4.78, 5) is 0. The Kier molecular flexibility index (Phi) is 13.2. The molecule has 3 heteroatoms. The third kappa shape index (κ3) is 7.38. The second-order valence-corrected chi connectivity index (χ2v) is 8.68. The van der Waals surface area contributed by atoms with Crippen LogP contribution in [0.15, 0.2) is 47.6 Å². The van der Waals surface area contributed by atoms with Gasteiger partial charge in [0.25, 0.3) is 0 Å². The minimum atomic E-state index is 0. The average molecular weight is 574 g/mol. The first-order valence-corrected chi connectivity index (χ1v) is 9.97. The molecule has 0 nitrogen and oxygen atoms in total. The van der Waals surface area contributed by atoms with E-state index < -0.39 is 0 Å². The van der Waals surface area contributed by atoms with Crippen LogP contribution in [0.2, 0.25) is 0 Å². The third-order valence-electron chi connectivity index (χ3n) is 6.27. The summed E-state index contributed by atoms with van der Waals surface area (Å²) in [5, 5.41) is 0. The van der Waals surface area contributed by atoms with Crippen LogP contribution in [0.3, 0.4) is 0 Å². The fourth-order valence-electron chi connectivity index (χ4n) is 4.45. The molecular weight excluding hydrogens is 539 g/mol. The molecule has 0 heterocycles. The quantitative estimate of drug-likeness (QED) is 0.428. The van der Waals surface area contributed by atoms with Crippen LogP contribution in [0.1, 0.15) is 53.4 Å². The Morgan fingerprint density at radius 1 is 0.741 bits per heavy atom. The van der Waals surface area contributed by atoms with E-state index in [1.165, 1.54) is 25.7 Å². The molecule has 2 saturated carbocycles. The number of fused-ring (bicyclic) bond motifs is 2. The van der Waals surface area contributed by atoms with E-state index in [1.807, 2.05) is 0 Å². The van der Waals surface area contributed by atoms with Crippen LogP contribution in [0.4, 0.5) is 0 Å². The monoisotopic (exact) mass is 570 g/mol. The van der Waals surface area contributed by atoms with Gasteiger partial charge in [0.05, 0.1) is 0 Å². The molecule has 4 rings (SSSR count). The van der Waals surface area contributed by atoms with E-state index in [0.717, 1.165) is 35.5 Å². The van der Waals surface area contributed by atoms with Gasteiger partial charge in [-0.3, -0.25) is 0 Å². The zero-order chi connectivity index (χ0) is 17.1. The topological polar surface area (TPSA) is 0 Å². The Hall–Kier alpha value is 0.543. The van der Waals surface area contributed by atoms with Gasteiger partial charge in [-0.25, -0.2) is 36.1 Å². The molecule has 0 aromatic rings. The normalized spacial score (nSPS) is 29.4. The number of halogens is 2. The molecule has 0 radical (unpaired) electrons. The minimum Gasteiger partial charge on any atom is -1.00 e. The molecule has 0 aromatic heterocycles. The summed E-state index contributed by atoms with van der Waals surface area (Å²) in [7, 11) is 0. The van der Waals surface area contributed by atoms with E-state index in [0.29, 0.717) is 0 Å². The zero-order valence-electron chi connectivity index (χ0n) is 17.2. The van der Waals surface area contributed by atoms with E-state index >= 15 is 0 Å². The molecule has 0 bridgehead atoms. The van der Waals surface area contributed by atoms with Gasteiger partial charge in [0, 0.05) is 0 Å². The van der Waals surface area contributed by atoms with Gasteiger partial charge in [-0.2, -0.15) is 0 Å². The van der Waals surface area contributed by atoms with Gasteiger partial charge in [-0.15, -0.1) is 24.3 Å². The van der Waals surface area contributed by atoms with Crippen molar-refractivity contribution in [3.05, 3.63) is 60.4 Å². The van der Waals surface area contributed by atoms with Crippen molar-refractivity contribution in [2.24, 2.45) is 35.5 Å². The Bertz CT molecular complexity index is 507. The molecule has 0 aromatic carbocycles. The van der Waals surface area contributed by atoms with Crippen LogP contribution < -0.4 is 34.0 Å². The molecule has 4 aliphatic carbocycles. The Balaban J connectivity index is 0.000000451. The number of allylic oxidation sites excluding steroid dienone is 8. The van der Waals surface area contributed by atoms with E-state index in [1.54, 1.807) is 11.1 Å². The first kappa shape index (κ1) is 27.5. The molecule has 27 heavy (non-hydrogen) atoms. The van der Waals surface area contributed by atoms with E-state index in [9.17, 15) is 0 Å². The number of hydrogen-bond donors (Lipinski definition) is 0. The second-order valence-electron chi connectivity index (χ2n) is 8.68. The molecule has 0 amide bonds. The van der Waals surface area contributed by atoms with Crippen molar-refractivity contribution in [2.45, 2.75) is 53.4 Å². The summed E-state index contributed by atoms with van der Waals surface area (Å²) in [5.41, 5.74) is 3.19. The first-order valence-electron chi connectivity index (χ1n) is 9.97. The maximum absolute atomic E-state index is 2.48. The standard InChI is InChI=1S/2C12H17.2BrH.Zr/c2*1-9(2)12-7-10-5-3-4-6-11(10)8-12;;;/h2*3-5,7,9,11-12H,6,8H2,1-2H3;2*1H;/q2*-1;;;+4/p-2. The fraction of sp³-hybridized carbons (Fsp3) is 0.583. The van der Waals surface area contributed by atoms with Crippen LogP contribution in [0.5, 0.6) is 0 Å². The Morgan fingerprint density at radius 3 is 1.41 bits per heavy atom. The largest absolute Gasteiger partial charge is 4.00 e. The van der Waals surface area contributed by atoms with Crippen LogP contribution in [0, 0.1) is 48.3 Å². The summed E-state index contributed by atoms with van der Waals surface area (Å²) >= 11 is 0. The second kappa shape index (κ2) is 13.0. The first-order chi connectivity index (χ1) is 11.5. The molecule has 4 atom stereocenters. The smallest absolute Gasteiger partial charge is 1.00 e. The Labute approximate surface area is 208 Å². The maximum atomic E-state index is 2.48. The predicted molar refractivity (Wildman–Crippen MR) is 105 cm³/mol. The van der Waals surface area contributed by atoms with Crippen LogP contribution in [-0.4, -0.2) is 0 Å². The van der Waals surface area contributed by atoms with E-state index in [4.69, 9.17) is 0 Å². The van der Waals surface area contributed by atoms with Crippen molar-refractivity contribution in [2.75, 3.05) is 0 Å². The number of rotatable bonds is 2. The van der Waals surface area contributed by atoms with Gasteiger partial charge in [0.15, 0.2) is 0 Å². The van der Waals surface area contributed by atoms with Crippen molar-refractivity contribution in [3.8, 4) is 0 Å². The maximum Gasteiger partial charge on any atom is 4.00 e. The molecule has 2 fully saturated rings. The molecule has 0 N–H and O–H groups in total. The van der Waals surface area contributed by atoms with E-state index in [2.05, 4.69) is 77.0 Å². The molecule has 0 spiro atoms. The Morgan fingerprint density at radius 2 is 1.11 bits per heavy atom. The molecule has 4 unspecified atom stereocenters. The van der Waals surface area contributed by atoms with Gasteiger partial charge in [0.2, 0.25) is 0 Å². The summed E-state index contributed by atoms with van der Waals surface area (Å²) < 4.78 is 0. The fourth-order valence-corrected chi connectivity index (χ4v) is 4.45. The third-order valence-corrected chi connectivity index (χ3v) is 6.27. The number of hydrogen-bond acceptors (Lipinski definition) is 0. The van der Waals surface area contributed by atoms with Crippen LogP contribution >= 0.6 is 0 Å². The van der Waals surface area contributed by atoms with Crippen molar-refractivity contribution < 1.29 is 60.2 Å². The van der Waals surface area contributed by atoms with Crippen LogP contribution in [0.25, 0.3) is 0 Å². The zero-order valence-corrected chi connectivity index (χ0v) is 22.8. The molecule has 0 aliphatic heterocycles. The van der Waals surface area contributed by atoms with Gasteiger partial charge in [-0.1, -0.05) is 64.2 Å². The van der Waals surface area contributed by atoms with Crippen molar-refractivity contribution in [1.29, 1.82) is 0 Å². The SMILES string of the molecule is CC(C)C1[CH-]C2=CC=CCC2C1.CC(C)C1[CH-]C2=CC=CCC2C1.[Br-].[Br-].[Zr+4]. The molecule has 148 valence electrons. The average Bonchev–Trinajstić information content (AvgIpc) is 3.19. The summed E-state index contributed by atoms with van der Waals surface area (Å²) in [6, 6.07) is 0. The summed E-state index contributed by atoms with van der Waals surface area (Å²) in [6.45, 7) is 9.30. The molecule has 0 saturated heterocycles. The summed E-state index contributed by atoms with van der Waals surface area (Å²) in [5.74, 6) is 5.00. The minimum absolute atomic E-state index is 0. The van der Waals surface area contributed by atoms with Gasteiger partial charge < -0.3 is 34.0 Å². The molecular formula is C24H34Br2Zr. The molecule has 4 aliphatic rings. The van der Waals surface area contributed by atoms with Gasteiger partial charge in [-0.05, 0) is 24.7 Å². The van der Waals surface area contributed by atoms with Crippen molar-refractivity contribution in [1.82, 2.24) is 0 Å². The van der Waals surface area contributed by atoms with Gasteiger partial charge in [0.1, 0.15) is 0 Å². The van der Waals surface area contributed by atoms with Crippen molar-refractivity contribution in [3.63, 3.8) is 0 Å². The van der Waals surface area contributed by atoms with Crippen molar-refractivity contribution >= 4 is 0 Å². The predicted octanol–water partition coefficient (Wildman–Crippen LogP) is 0.744. The van der Waals surface area contributed by atoms with Gasteiger partial charge >= 0.3 is 26.2 Å².